The summed E-state index contributed by atoms with van der Waals surface area (Å²) in [6.45, 7) is 13.2. The summed E-state index contributed by atoms with van der Waals surface area (Å²) in [5, 5.41) is 0. The van der Waals surface area contributed by atoms with Crippen LogP contribution < -0.4 is 0 Å². The molecular formula is C20H38O2. The van der Waals surface area contributed by atoms with Crippen LogP contribution in [0, 0.1) is 5.41 Å². The van der Waals surface area contributed by atoms with Crippen molar-refractivity contribution >= 4 is 0 Å². The molecule has 2 heteroatoms. The van der Waals surface area contributed by atoms with Crippen molar-refractivity contribution < 1.29 is 9.47 Å². The van der Waals surface area contributed by atoms with Crippen LogP contribution in [0.3, 0.4) is 0 Å². The molecule has 0 saturated heterocycles. The zero-order chi connectivity index (χ0) is 16.5. The van der Waals surface area contributed by atoms with Crippen LogP contribution >= 0.6 is 0 Å². The first-order valence-corrected chi connectivity index (χ1v) is 9.19. The molecule has 0 radical (unpaired) electrons. The van der Waals surface area contributed by atoms with Crippen LogP contribution in [0.2, 0.25) is 0 Å². The molecule has 0 aromatic rings. The topological polar surface area (TPSA) is 18.5 Å². The van der Waals surface area contributed by atoms with Gasteiger partial charge in [-0.15, -0.1) is 0 Å². The van der Waals surface area contributed by atoms with Gasteiger partial charge in [-0.2, -0.15) is 0 Å². The van der Waals surface area contributed by atoms with Gasteiger partial charge >= 0.3 is 0 Å². The highest BCUT2D eigenvalue weighted by molar-refractivity contribution is 4.79. The SMILES string of the molecule is C=COCC(CC)(CCCCCCCCCCC)COC=C. The van der Waals surface area contributed by atoms with E-state index in [2.05, 4.69) is 27.0 Å². The molecule has 0 N–H and O–H groups in total. The van der Waals surface area contributed by atoms with E-state index < -0.39 is 0 Å². The number of hydrogen-bond donors (Lipinski definition) is 0. The molecule has 0 aromatic carbocycles. The highest BCUT2D eigenvalue weighted by Gasteiger charge is 2.29. The summed E-state index contributed by atoms with van der Waals surface area (Å²) >= 11 is 0. The number of ether oxygens (including phenoxy) is 2. The van der Waals surface area contributed by atoms with Gasteiger partial charge in [0, 0.05) is 5.41 Å². The van der Waals surface area contributed by atoms with Gasteiger partial charge in [-0.25, -0.2) is 0 Å². The second kappa shape index (κ2) is 15.0. The average molecular weight is 311 g/mol. The van der Waals surface area contributed by atoms with E-state index in [9.17, 15) is 0 Å². The highest BCUT2D eigenvalue weighted by Crippen LogP contribution is 2.30. The first kappa shape index (κ1) is 21.1. The zero-order valence-corrected chi connectivity index (χ0v) is 15.1. The van der Waals surface area contributed by atoms with Gasteiger partial charge in [0.25, 0.3) is 0 Å². The van der Waals surface area contributed by atoms with Crippen molar-refractivity contribution in [2.75, 3.05) is 13.2 Å². The Kier molecular flexibility index (Phi) is 14.4. The second-order valence-corrected chi connectivity index (χ2v) is 6.39. The number of unbranched alkanes of at least 4 members (excludes halogenated alkanes) is 8. The maximum Gasteiger partial charge on any atom is 0.0961 e. The Labute approximate surface area is 139 Å². The summed E-state index contributed by atoms with van der Waals surface area (Å²) in [6, 6.07) is 0. The van der Waals surface area contributed by atoms with Crippen LogP contribution in [-0.2, 0) is 9.47 Å². The third kappa shape index (κ3) is 10.8. The van der Waals surface area contributed by atoms with Crippen molar-refractivity contribution in [3.05, 3.63) is 25.7 Å². The minimum absolute atomic E-state index is 0.101. The molecular weight excluding hydrogens is 272 g/mol. The second-order valence-electron chi connectivity index (χ2n) is 6.39. The molecule has 0 spiro atoms. The van der Waals surface area contributed by atoms with Gasteiger partial charge in [-0.3, -0.25) is 0 Å². The van der Waals surface area contributed by atoms with E-state index in [1.54, 1.807) is 0 Å². The number of hydrogen-bond acceptors (Lipinski definition) is 2. The van der Waals surface area contributed by atoms with Crippen LogP contribution in [-0.4, -0.2) is 13.2 Å². The van der Waals surface area contributed by atoms with Gasteiger partial charge in [0.15, 0.2) is 0 Å². The molecule has 130 valence electrons. The van der Waals surface area contributed by atoms with E-state index >= 15 is 0 Å². The fraction of sp³-hybridized carbons (Fsp3) is 0.800. The molecule has 0 bridgehead atoms. The van der Waals surface area contributed by atoms with Crippen LogP contribution in [0.5, 0.6) is 0 Å². The molecule has 0 atom stereocenters. The average Bonchev–Trinajstić information content (AvgIpc) is 2.55. The summed E-state index contributed by atoms with van der Waals surface area (Å²) in [5.41, 5.74) is 0.101. The minimum atomic E-state index is 0.101. The van der Waals surface area contributed by atoms with Gasteiger partial charge in [0.1, 0.15) is 0 Å². The van der Waals surface area contributed by atoms with Gasteiger partial charge in [-0.1, -0.05) is 84.8 Å². The summed E-state index contributed by atoms with van der Waals surface area (Å²) in [4.78, 5) is 0. The molecule has 0 unspecified atom stereocenters. The fourth-order valence-corrected chi connectivity index (χ4v) is 2.85. The fourth-order valence-electron chi connectivity index (χ4n) is 2.85. The van der Waals surface area contributed by atoms with Crippen molar-refractivity contribution in [1.82, 2.24) is 0 Å². The Morgan fingerprint density at radius 3 is 1.59 bits per heavy atom. The van der Waals surface area contributed by atoms with Crippen molar-refractivity contribution in [2.24, 2.45) is 5.41 Å². The third-order valence-corrected chi connectivity index (χ3v) is 4.58. The highest BCUT2D eigenvalue weighted by atomic mass is 16.5. The van der Waals surface area contributed by atoms with E-state index in [0.717, 1.165) is 12.8 Å². The summed E-state index contributed by atoms with van der Waals surface area (Å²) < 4.78 is 10.9. The maximum absolute atomic E-state index is 5.47. The van der Waals surface area contributed by atoms with Gasteiger partial charge < -0.3 is 9.47 Å². The molecule has 22 heavy (non-hydrogen) atoms. The molecule has 0 heterocycles. The van der Waals surface area contributed by atoms with Crippen LogP contribution in [0.15, 0.2) is 25.7 Å². The standard InChI is InChI=1S/C20H38O2/c1-5-9-10-11-12-13-14-15-16-17-20(6-2,18-21-7-3)19-22-8-4/h7-8H,3-6,9-19H2,1-2H3. The third-order valence-electron chi connectivity index (χ3n) is 4.58. The largest absolute Gasteiger partial charge is 0.501 e. The summed E-state index contributed by atoms with van der Waals surface area (Å²) in [7, 11) is 0. The Morgan fingerprint density at radius 1 is 0.727 bits per heavy atom. The summed E-state index contributed by atoms with van der Waals surface area (Å²) in [6.07, 6.45) is 17.5. The predicted octanol–water partition coefficient (Wildman–Crippen LogP) is 6.62. The lowest BCUT2D eigenvalue weighted by Gasteiger charge is -2.31. The molecule has 0 aromatic heterocycles. The smallest absolute Gasteiger partial charge is 0.0961 e. The molecule has 0 fully saturated rings. The maximum atomic E-state index is 5.47. The van der Waals surface area contributed by atoms with Crippen molar-refractivity contribution in [2.45, 2.75) is 84.5 Å². The molecule has 0 amide bonds. The van der Waals surface area contributed by atoms with E-state index in [4.69, 9.17) is 9.47 Å². The predicted molar refractivity (Wildman–Crippen MR) is 96.9 cm³/mol. The monoisotopic (exact) mass is 310 g/mol. The zero-order valence-electron chi connectivity index (χ0n) is 15.1. The molecule has 0 aliphatic carbocycles. The minimum Gasteiger partial charge on any atom is -0.501 e. The van der Waals surface area contributed by atoms with Crippen LogP contribution in [0.1, 0.15) is 84.5 Å². The Hall–Kier alpha value is -0.920. The van der Waals surface area contributed by atoms with Gasteiger partial charge in [0.2, 0.25) is 0 Å². The van der Waals surface area contributed by atoms with Crippen LogP contribution in [0.4, 0.5) is 0 Å². The van der Waals surface area contributed by atoms with Crippen molar-refractivity contribution in [3.63, 3.8) is 0 Å². The molecule has 0 aliphatic rings. The molecule has 0 rings (SSSR count). The first-order valence-electron chi connectivity index (χ1n) is 9.19. The van der Waals surface area contributed by atoms with E-state index in [1.165, 1.54) is 70.3 Å². The Balaban J connectivity index is 3.86. The van der Waals surface area contributed by atoms with Gasteiger partial charge in [-0.05, 0) is 12.8 Å². The van der Waals surface area contributed by atoms with E-state index in [0.29, 0.717) is 13.2 Å². The van der Waals surface area contributed by atoms with Gasteiger partial charge in [0.05, 0.1) is 25.7 Å². The van der Waals surface area contributed by atoms with Crippen LogP contribution in [0.25, 0.3) is 0 Å². The quantitative estimate of drug-likeness (QED) is 0.222. The lowest BCUT2D eigenvalue weighted by Crippen LogP contribution is -2.30. The normalized spacial score (nSPS) is 11.2. The first-order chi connectivity index (χ1) is 10.7. The number of rotatable bonds is 17. The van der Waals surface area contributed by atoms with E-state index in [-0.39, 0.29) is 5.41 Å². The lowest BCUT2D eigenvalue weighted by molar-refractivity contribution is 0.0269. The summed E-state index contributed by atoms with van der Waals surface area (Å²) in [5.74, 6) is 0. The molecule has 0 aliphatic heterocycles. The van der Waals surface area contributed by atoms with Crippen molar-refractivity contribution in [1.29, 1.82) is 0 Å². The Bertz CT molecular complexity index is 248. The Morgan fingerprint density at radius 2 is 1.18 bits per heavy atom. The molecule has 2 nitrogen and oxygen atoms in total. The van der Waals surface area contributed by atoms with Crippen molar-refractivity contribution in [3.8, 4) is 0 Å². The lowest BCUT2D eigenvalue weighted by atomic mass is 9.81. The van der Waals surface area contributed by atoms with E-state index in [1.807, 2.05) is 0 Å². The molecule has 0 saturated carbocycles.